The Morgan fingerprint density at radius 2 is 2.15 bits per heavy atom. The van der Waals surface area contributed by atoms with Gasteiger partial charge in [0, 0.05) is 22.6 Å². The van der Waals surface area contributed by atoms with Gasteiger partial charge in [-0.15, -0.1) is 11.3 Å². The van der Waals surface area contributed by atoms with Crippen LogP contribution in [0.25, 0.3) is 10.8 Å². The molecule has 3 rings (SSSR count). The second-order valence-corrected chi connectivity index (χ2v) is 7.14. The van der Waals surface area contributed by atoms with E-state index in [1.54, 1.807) is 35.9 Å². The summed E-state index contributed by atoms with van der Waals surface area (Å²) in [5.41, 5.74) is 1.81. The minimum atomic E-state index is -0.301. The lowest BCUT2D eigenvalue weighted by Crippen LogP contribution is -2.38. The van der Waals surface area contributed by atoms with Crippen LogP contribution in [0.3, 0.4) is 0 Å². The summed E-state index contributed by atoms with van der Waals surface area (Å²) in [7, 11) is 0. The number of halogens is 1. The van der Waals surface area contributed by atoms with Crippen LogP contribution in [0.5, 0.6) is 0 Å². The molecule has 2 amide bonds. The Labute approximate surface area is 165 Å². The van der Waals surface area contributed by atoms with Crippen molar-refractivity contribution in [1.29, 1.82) is 0 Å². The number of benzene rings is 1. The third-order valence-electron chi connectivity index (χ3n) is 3.93. The van der Waals surface area contributed by atoms with Crippen LogP contribution in [-0.4, -0.2) is 34.8 Å². The van der Waals surface area contributed by atoms with Crippen LogP contribution in [0.2, 0.25) is 5.02 Å². The highest BCUT2D eigenvalue weighted by molar-refractivity contribution is 7.13. The summed E-state index contributed by atoms with van der Waals surface area (Å²) in [4.78, 5) is 30.9. The number of nitrogens with zero attached hydrogens (tertiary/aromatic N) is 2. The molecular weight excluding hydrogens is 386 g/mol. The van der Waals surface area contributed by atoms with Crippen LogP contribution in [-0.2, 0) is 4.79 Å². The van der Waals surface area contributed by atoms with Crippen molar-refractivity contribution in [3.05, 3.63) is 58.3 Å². The first-order valence-electron chi connectivity index (χ1n) is 8.32. The lowest BCUT2D eigenvalue weighted by molar-refractivity contribution is -0.116. The number of carbonyl (C=O) groups is 2. The fourth-order valence-corrected chi connectivity index (χ4v) is 3.40. The Morgan fingerprint density at radius 1 is 1.33 bits per heavy atom. The molecule has 0 aliphatic rings. The van der Waals surface area contributed by atoms with Crippen molar-refractivity contribution >= 4 is 40.4 Å². The third kappa shape index (κ3) is 4.56. The molecular formula is C19H18ClN3O3S. The second kappa shape index (κ2) is 8.37. The summed E-state index contributed by atoms with van der Waals surface area (Å²) in [6.07, 6.45) is 1.55. The van der Waals surface area contributed by atoms with Gasteiger partial charge in [-0.1, -0.05) is 17.7 Å². The van der Waals surface area contributed by atoms with E-state index in [-0.39, 0.29) is 18.4 Å². The monoisotopic (exact) mass is 403 g/mol. The lowest BCUT2D eigenvalue weighted by Gasteiger charge is -2.19. The van der Waals surface area contributed by atoms with Gasteiger partial charge in [-0.25, -0.2) is 4.98 Å². The molecule has 0 spiro atoms. The van der Waals surface area contributed by atoms with Gasteiger partial charge in [-0.05, 0) is 43.7 Å². The Kier molecular flexibility index (Phi) is 5.93. The van der Waals surface area contributed by atoms with Crippen LogP contribution in [0.4, 0.5) is 5.69 Å². The number of aryl methyl sites for hydroxylation is 1. The third-order valence-corrected chi connectivity index (χ3v) is 5.02. The fraction of sp³-hybridized carbons (Fsp3) is 0.211. The molecule has 0 bridgehead atoms. The first-order valence-corrected chi connectivity index (χ1v) is 9.58. The lowest BCUT2D eigenvalue weighted by atomic mass is 10.2. The van der Waals surface area contributed by atoms with E-state index in [1.807, 2.05) is 19.9 Å². The SMILES string of the molecule is CCN(CC(=O)Nc1cc(Cl)ccc1C)C(=O)c1csc(-c2ccco2)n1. The van der Waals surface area contributed by atoms with E-state index in [1.165, 1.54) is 16.2 Å². The molecule has 8 heteroatoms. The summed E-state index contributed by atoms with van der Waals surface area (Å²) in [6.45, 7) is 4.00. The summed E-state index contributed by atoms with van der Waals surface area (Å²) in [6, 6.07) is 8.81. The van der Waals surface area contributed by atoms with Crippen LogP contribution in [0.15, 0.2) is 46.4 Å². The maximum Gasteiger partial charge on any atom is 0.273 e. The normalized spacial score (nSPS) is 10.6. The molecule has 0 aliphatic carbocycles. The Bertz CT molecular complexity index is 953. The topological polar surface area (TPSA) is 75.4 Å². The Hall–Kier alpha value is -2.64. The molecule has 0 saturated carbocycles. The largest absolute Gasteiger partial charge is 0.462 e. The number of likely N-dealkylation sites (N-methyl/N-ethyl adjacent to an activating group) is 1. The molecule has 27 heavy (non-hydrogen) atoms. The van der Waals surface area contributed by atoms with Crippen molar-refractivity contribution < 1.29 is 14.0 Å². The van der Waals surface area contributed by atoms with Gasteiger partial charge >= 0.3 is 0 Å². The molecule has 0 saturated heterocycles. The van der Waals surface area contributed by atoms with E-state index in [4.69, 9.17) is 16.0 Å². The van der Waals surface area contributed by atoms with Crippen LogP contribution in [0, 0.1) is 6.92 Å². The minimum absolute atomic E-state index is 0.0745. The van der Waals surface area contributed by atoms with Crippen molar-refractivity contribution in [3.8, 4) is 10.8 Å². The van der Waals surface area contributed by atoms with Gasteiger partial charge in [0.25, 0.3) is 5.91 Å². The maximum atomic E-state index is 12.7. The minimum Gasteiger partial charge on any atom is -0.462 e. The van der Waals surface area contributed by atoms with Crippen molar-refractivity contribution in [3.63, 3.8) is 0 Å². The fourth-order valence-electron chi connectivity index (χ4n) is 2.47. The predicted molar refractivity (Wildman–Crippen MR) is 106 cm³/mol. The summed E-state index contributed by atoms with van der Waals surface area (Å²) in [5.74, 6) is 0.0119. The van der Waals surface area contributed by atoms with Gasteiger partial charge in [-0.3, -0.25) is 9.59 Å². The molecule has 0 aliphatic heterocycles. The van der Waals surface area contributed by atoms with Crippen molar-refractivity contribution in [2.45, 2.75) is 13.8 Å². The summed E-state index contributed by atoms with van der Waals surface area (Å²) < 4.78 is 5.30. The van der Waals surface area contributed by atoms with Gasteiger partial charge in [0.1, 0.15) is 12.2 Å². The van der Waals surface area contributed by atoms with Crippen molar-refractivity contribution in [2.24, 2.45) is 0 Å². The van der Waals surface area contributed by atoms with E-state index in [9.17, 15) is 9.59 Å². The number of aromatic nitrogens is 1. The summed E-state index contributed by atoms with van der Waals surface area (Å²) in [5, 5.41) is 5.63. The zero-order valence-corrected chi connectivity index (χ0v) is 16.4. The van der Waals surface area contributed by atoms with Gasteiger partial charge in [0.05, 0.1) is 6.26 Å². The van der Waals surface area contributed by atoms with E-state index in [2.05, 4.69) is 10.3 Å². The van der Waals surface area contributed by atoms with Crippen molar-refractivity contribution in [1.82, 2.24) is 9.88 Å². The highest BCUT2D eigenvalue weighted by Crippen LogP contribution is 2.24. The standard InChI is InChI=1S/C19H18ClN3O3S/c1-3-23(10-17(24)21-14-9-13(20)7-6-12(14)2)19(25)15-11-27-18(22-15)16-5-4-8-26-16/h4-9,11H,3,10H2,1-2H3,(H,21,24). The van der Waals surface area contributed by atoms with Crippen LogP contribution >= 0.6 is 22.9 Å². The number of thiazole rings is 1. The van der Waals surface area contributed by atoms with Crippen LogP contribution < -0.4 is 5.32 Å². The maximum absolute atomic E-state index is 12.7. The molecule has 6 nitrogen and oxygen atoms in total. The first-order chi connectivity index (χ1) is 13.0. The van der Waals surface area contributed by atoms with E-state index in [0.29, 0.717) is 33.7 Å². The molecule has 2 aromatic heterocycles. The van der Waals surface area contributed by atoms with Crippen LogP contribution in [0.1, 0.15) is 23.0 Å². The molecule has 0 unspecified atom stereocenters. The Morgan fingerprint density at radius 3 is 2.85 bits per heavy atom. The molecule has 3 aromatic rings. The van der Waals surface area contributed by atoms with Gasteiger partial charge in [0.2, 0.25) is 5.91 Å². The molecule has 140 valence electrons. The number of furan rings is 1. The number of carbonyl (C=O) groups excluding carboxylic acids is 2. The average Bonchev–Trinajstić information content (AvgIpc) is 3.33. The van der Waals surface area contributed by atoms with Gasteiger partial charge in [-0.2, -0.15) is 0 Å². The van der Waals surface area contributed by atoms with Gasteiger partial charge < -0.3 is 14.6 Å². The quantitative estimate of drug-likeness (QED) is 0.659. The molecule has 0 radical (unpaired) electrons. The highest BCUT2D eigenvalue weighted by atomic mass is 35.5. The number of anilines is 1. The number of nitrogens with one attached hydrogen (secondary N) is 1. The second-order valence-electron chi connectivity index (χ2n) is 5.84. The zero-order chi connectivity index (χ0) is 19.4. The average molecular weight is 404 g/mol. The van der Waals surface area contributed by atoms with E-state index >= 15 is 0 Å². The molecule has 1 N–H and O–H groups in total. The highest BCUT2D eigenvalue weighted by Gasteiger charge is 2.21. The number of hydrogen-bond donors (Lipinski definition) is 1. The van der Waals surface area contributed by atoms with E-state index < -0.39 is 0 Å². The summed E-state index contributed by atoms with van der Waals surface area (Å²) >= 11 is 7.30. The molecule has 2 heterocycles. The molecule has 0 fully saturated rings. The first kappa shape index (κ1) is 19.1. The number of hydrogen-bond acceptors (Lipinski definition) is 5. The molecule has 0 atom stereocenters. The smallest absolute Gasteiger partial charge is 0.273 e. The predicted octanol–water partition coefficient (Wildman–Crippen LogP) is 4.47. The number of rotatable bonds is 6. The number of amides is 2. The molecule has 1 aromatic carbocycles. The van der Waals surface area contributed by atoms with E-state index in [0.717, 1.165) is 5.56 Å². The van der Waals surface area contributed by atoms with Crippen molar-refractivity contribution in [2.75, 3.05) is 18.4 Å². The van der Waals surface area contributed by atoms with Gasteiger partial charge in [0.15, 0.2) is 10.8 Å². The zero-order valence-electron chi connectivity index (χ0n) is 14.9. The Balaban J connectivity index is 1.68.